The van der Waals surface area contributed by atoms with E-state index >= 15 is 0 Å². The number of hydrogen-bond acceptors (Lipinski definition) is 5. The zero-order valence-corrected chi connectivity index (χ0v) is 23.2. The molecule has 1 unspecified atom stereocenters. The van der Waals surface area contributed by atoms with Gasteiger partial charge < -0.3 is 20.9 Å². The Hall–Kier alpha value is -2.96. The van der Waals surface area contributed by atoms with Crippen LogP contribution in [0, 0.1) is 17.6 Å². The number of halogens is 6. The maximum absolute atomic E-state index is 15.0. The molecule has 2 aromatic rings. The van der Waals surface area contributed by atoms with Crippen molar-refractivity contribution in [3.8, 4) is 0 Å². The van der Waals surface area contributed by atoms with Gasteiger partial charge in [0.25, 0.3) is 5.91 Å². The monoisotopic (exact) mass is 601 g/mol. The highest BCUT2D eigenvalue weighted by molar-refractivity contribution is 6.31. The van der Waals surface area contributed by atoms with Crippen LogP contribution in [-0.2, 0) is 11.3 Å². The van der Waals surface area contributed by atoms with Crippen molar-refractivity contribution >= 4 is 34.8 Å². The molecule has 0 aromatic heterocycles. The summed E-state index contributed by atoms with van der Waals surface area (Å²) >= 11 is 6.17. The Morgan fingerprint density at radius 3 is 2.49 bits per heavy atom. The van der Waals surface area contributed by atoms with E-state index in [2.05, 4.69) is 16.0 Å². The van der Waals surface area contributed by atoms with Crippen molar-refractivity contribution in [2.75, 3.05) is 56.0 Å². The molecule has 0 saturated carbocycles. The van der Waals surface area contributed by atoms with E-state index in [-0.39, 0.29) is 30.5 Å². The minimum atomic E-state index is -4.23. The number of anilines is 2. The second kappa shape index (κ2) is 13.8. The molecular formula is C28H33ClF5N5O2. The van der Waals surface area contributed by atoms with Gasteiger partial charge in [0.2, 0.25) is 5.91 Å². The van der Waals surface area contributed by atoms with Crippen LogP contribution in [0.5, 0.6) is 0 Å². The van der Waals surface area contributed by atoms with Crippen molar-refractivity contribution in [3.05, 3.63) is 58.1 Å². The third-order valence-corrected chi connectivity index (χ3v) is 7.62. The number of amides is 2. The highest BCUT2D eigenvalue weighted by Gasteiger charge is 2.29. The van der Waals surface area contributed by atoms with Gasteiger partial charge in [0.1, 0.15) is 0 Å². The van der Waals surface area contributed by atoms with E-state index < -0.39 is 35.7 Å². The SMILES string of the molecule is O=C(CC1CCCNC1)NCc1ccc(C(=O)Nc2ccc(Cl)cc2N2CCN(CCC(F)(F)F)CC2)c(F)c1F. The smallest absolute Gasteiger partial charge is 0.367 e. The fourth-order valence-corrected chi connectivity index (χ4v) is 5.25. The van der Waals surface area contributed by atoms with Gasteiger partial charge in [-0.3, -0.25) is 14.5 Å². The van der Waals surface area contributed by atoms with Crippen LogP contribution in [0.15, 0.2) is 30.3 Å². The van der Waals surface area contributed by atoms with Gasteiger partial charge in [-0.2, -0.15) is 13.2 Å². The first-order valence-corrected chi connectivity index (χ1v) is 14.0. The number of benzene rings is 2. The molecule has 0 aliphatic carbocycles. The highest BCUT2D eigenvalue weighted by atomic mass is 35.5. The van der Waals surface area contributed by atoms with Gasteiger partial charge in [-0.15, -0.1) is 0 Å². The van der Waals surface area contributed by atoms with Crippen LogP contribution in [0.2, 0.25) is 5.02 Å². The van der Waals surface area contributed by atoms with Crippen molar-refractivity contribution < 1.29 is 31.5 Å². The number of piperidine rings is 1. The predicted molar refractivity (Wildman–Crippen MR) is 147 cm³/mol. The van der Waals surface area contributed by atoms with Crippen LogP contribution < -0.4 is 20.9 Å². The van der Waals surface area contributed by atoms with Crippen molar-refractivity contribution in [3.63, 3.8) is 0 Å². The number of nitrogens with zero attached hydrogens (tertiary/aromatic N) is 2. The fourth-order valence-electron chi connectivity index (χ4n) is 5.09. The number of alkyl halides is 3. The van der Waals surface area contributed by atoms with Crippen LogP contribution in [0.25, 0.3) is 0 Å². The molecule has 2 aliphatic heterocycles. The fraction of sp³-hybridized carbons (Fsp3) is 0.500. The second-order valence-electron chi connectivity index (χ2n) is 10.4. The third kappa shape index (κ3) is 8.76. The lowest BCUT2D eigenvalue weighted by Crippen LogP contribution is -2.47. The quantitative estimate of drug-likeness (QED) is 0.355. The number of nitrogens with one attached hydrogen (secondary N) is 3. The normalized spacial score (nSPS) is 18.3. The number of carbonyl (C=O) groups excluding carboxylic acids is 2. The van der Waals surface area contributed by atoms with Crippen LogP contribution >= 0.6 is 11.6 Å². The molecule has 0 bridgehead atoms. The van der Waals surface area contributed by atoms with E-state index in [4.69, 9.17) is 11.6 Å². The van der Waals surface area contributed by atoms with Gasteiger partial charge in [0.05, 0.1) is 23.4 Å². The zero-order chi connectivity index (χ0) is 29.6. The molecule has 224 valence electrons. The molecule has 2 fully saturated rings. The van der Waals surface area contributed by atoms with Crippen molar-refractivity contribution in [2.45, 2.75) is 38.4 Å². The average Bonchev–Trinajstić information content (AvgIpc) is 2.94. The summed E-state index contributed by atoms with van der Waals surface area (Å²) in [5, 5.41) is 8.83. The Morgan fingerprint density at radius 1 is 1.05 bits per heavy atom. The van der Waals surface area contributed by atoms with Gasteiger partial charge in [-0.05, 0) is 56.1 Å². The van der Waals surface area contributed by atoms with E-state index in [9.17, 15) is 31.5 Å². The van der Waals surface area contributed by atoms with E-state index in [1.54, 1.807) is 11.0 Å². The summed E-state index contributed by atoms with van der Waals surface area (Å²) in [5.74, 6) is -3.48. The minimum absolute atomic E-state index is 0.0789. The molecule has 0 radical (unpaired) electrons. The first-order valence-electron chi connectivity index (χ1n) is 13.6. The van der Waals surface area contributed by atoms with Crippen LogP contribution in [0.3, 0.4) is 0 Å². The molecule has 1 atom stereocenters. The lowest BCUT2D eigenvalue weighted by Gasteiger charge is -2.37. The maximum atomic E-state index is 15.0. The molecule has 0 spiro atoms. The number of carbonyl (C=O) groups is 2. The van der Waals surface area contributed by atoms with Crippen molar-refractivity contribution in [2.24, 2.45) is 5.92 Å². The number of hydrogen-bond donors (Lipinski definition) is 3. The molecule has 7 nitrogen and oxygen atoms in total. The summed E-state index contributed by atoms with van der Waals surface area (Å²) in [5.41, 5.74) is 0.236. The Morgan fingerprint density at radius 2 is 1.80 bits per heavy atom. The lowest BCUT2D eigenvalue weighted by atomic mass is 9.96. The summed E-state index contributed by atoms with van der Waals surface area (Å²) < 4.78 is 67.5. The van der Waals surface area contributed by atoms with Gasteiger partial charge in [0, 0.05) is 56.3 Å². The van der Waals surface area contributed by atoms with Crippen LogP contribution in [-0.4, -0.2) is 68.7 Å². The lowest BCUT2D eigenvalue weighted by molar-refractivity contribution is -0.138. The largest absolute Gasteiger partial charge is 0.390 e. The molecular weight excluding hydrogens is 569 g/mol. The summed E-state index contributed by atoms with van der Waals surface area (Å²) in [7, 11) is 0. The minimum Gasteiger partial charge on any atom is -0.367 e. The Bertz CT molecular complexity index is 1230. The second-order valence-corrected chi connectivity index (χ2v) is 10.8. The summed E-state index contributed by atoms with van der Waals surface area (Å²) in [6.45, 7) is 2.90. The molecule has 41 heavy (non-hydrogen) atoms. The Labute approximate surface area is 240 Å². The molecule has 2 aliphatic rings. The molecule has 2 saturated heterocycles. The zero-order valence-electron chi connectivity index (χ0n) is 22.4. The molecule has 13 heteroatoms. The maximum Gasteiger partial charge on any atom is 0.390 e. The van der Waals surface area contributed by atoms with Crippen LogP contribution in [0.1, 0.15) is 41.6 Å². The average molecular weight is 602 g/mol. The highest BCUT2D eigenvalue weighted by Crippen LogP contribution is 2.31. The molecule has 2 aromatic carbocycles. The summed E-state index contributed by atoms with van der Waals surface area (Å²) in [6, 6.07) is 7.10. The predicted octanol–water partition coefficient (Wildman–Crippen LogP) is 4.95. The number of piperazine rings is 1. The molecule has 3 N–H and O–H groups in total. The topological polar surface area (TPSA) is 76.7 Å². The Kier molecular flexibility index (Phi) is 10.4. The summed E-state index contributed by atoms with van der Waals surface area (Å²) in [6.07, 6.45) is -2.91. The third-order valence-electron chi connectivity index (χ3n) is 7.39. The standard InChI is InChI=1S/C28H33ClF5N5O2/c29-20-4-6-22(23(15-20)39-12-10-38(11-13-39)9-7-28(32,33)34)37-27(41)21-5-3-19(25(30)26(21)31)17-36-24(40)14-18-2-1-8-35-16-18/h3-6,15,18,35H,1-2,7-14,16-17H2,(H,36,40)(H,37,41). The van der Waals surface area contributed by atoms with E-state index in [1.807, 2.05) is 4.90 Å². The van der Waals surface area contributed by atoms with Gasteiger partial charge in [-0.1, -0.05) is 17.7 Å². The van der Waals surface area contributed by atoms with E-state index in [1.165, 1.54) is 18.2 Å². The van der Waals surface area contributed by atoms with Gasteiger partial charge >= 0.3 is 6.18 Å². The molecule has 2 heterocycles. The number of rotatable bonds is 9. The van der Waals surface area contributed by atoms with Gasteiger partial charge in [-0.25, -0.2) is 8.78 Å². The van der Waals surface area contributed by atoms with Gasteiger partial charge in [0.15, 0.2) is 11.6 Å². The van der Waals surface area contributed by atoms with E-state index in [0.717, 1.165) is 32.0 Å². The summed E-state index contributed by atoms with van der Waals surface area (Å²) in [4.78, 5) is 28.8. The molecule has 2 amide bonds. The Balaban J connectivity index is 1.38. The van der Waals surface area contributed by atoms with Crippen LogP contribution in [0.4, 0.5) is 33.3 Å². The van der Waals surface area contributed by atoms with Crippen molar-refractivity contribution in [1.29, 1.82) is 0 Å². The molecule has 4 rings (SSSR count). The first-order chi connectivity index (χ1) is 19.5. The van der Waals surface area contributed by atoms with Crippen molar-refractivity contribution in [1.82, 2.24) is 15.5 Å². The van der Waals surface area contributed by atoms with E-state index in [0.29, 0.717) is 49.0 Å². The first kappa shape index (κ1) is 31.0.